The Morgan fingerprint density at radius 1 is 1.62 bits per heavy atom. The van der Waals surface area contributed by atoms with Crippen molar-refractivity contribution in [1.82, 2.24) is 4.98 Å². The van der Waals surface area contributed by atoms with Crippen LogP contribution in [-0.4, -0.2) is 16.1 Å². The molecule has 0 saturated heterocycles. The number of carboxylic acid groups (broad SMARTS) is 1. The molecule has 0 aromatic carbocycles. The number of aromatic nitrogens is 1. The minimum atomic E-state index is -0.840. The fourth-order valence-electron chi connectivity index (χ4n) is 1.65. The third-order valence-electron chi connectivity index (χ3n) is 2.41. The van der Waals surface area contributed by atoms with Gasteiger partial charge in [0.1, 0.15) is 0 Å². The molecule has 1 aromatic rings. The second kappa shape index (κ2) is 2.83. The first-order valence-electron chi connectivity index (χ1n) is 4.39. The Morgan fingerprint density at radius 3 is 2.85 bits per heavy atom. The van der Waals surface area contributed by atoms with Crippen LogP contribution in [0.25, 0.3) is 0 Å². The summed E-state index contributed by atoms with van der Waals surface area (Å²) >= 11 is 0. The molecule has 0 amide bonds. The SMILES string of the molecule is Cc1nccc(C(=O)O)c1C1CC1. The number of nitrogens with zero attached hydrogens (tertiary/aromatic N) is 1. The van der Waals surface area contributed by atoms with Crippen molar-refractivity contribution >= 4 is 5.97 Å². The summed E-state index contributed by atoms with van der Waals surface area (Å²) in [6, 6.07) is 1.59. The molecule has 1 fully saturated rings. The van der Waals surface area contributed by atoms with Crippen molar-refractivity contribution in [3.8, 4) is 0 Å². The number of pyridine rings is 1. The lowest BCUT2D eigenvalue weighted by molar-refractivity contribution is 0.0695. The first-order valence-corrected chi connectivity index (χ1v) is 4.39. The lowest BCUT2D eigenvalue weighted by atomic mass is 10.0. The molecule has 1 saturated carbocycles. The predicted octanol–water partition coefficient (Wildman–Crippen LogP) is 1.97. The van der Waals surface area contributed by atoms with Crippen LogP contribution >= 0.6 is 0 Å². The van der Waals surface area contributed by atoms with Gasteiger partial charge in [-0.2, -0.15) is 0 Å². The summed E-state index contributed by atoms with van der Waals surface area (Å²) < 4.78 is 0. The summed E-state index contributed by atoms with van der Waals surface area (Å²) in [7, 11) is 0. The molecule has 1 aliphatic rings. The van der Waals surface area contributed by atoms with Crippen molar-refractivity contribution in [2.75, 3.05) is 0 Å². The highest BCUT2D eigenvalue weighted by Gasteiger charge is 2.29. The van der Waals surface area contributed by atoms with E-state index in [2.05, 4.69) is 4.98 Å². The number of hydrogen-bond acceptors (Lipinski definition) is 2. The zero-order valence-corrected chi connectivity index (χ0v) is 7.45. The van der Waals surface area contributed by atoms with Gasteiger partial charge >= 0.3 is 5.97 Å². The van der Waals surface area contributed by atoms with Crippen LogP contribution in [0.4, 0.5) is 0 Å². The Hall–Kier alpha value is -1.38. The van der Waals surface area contributed by atoms with Crippen LogP contribution in [0.2, 0.25) is 0 Å². The van der Waals surface area contributed by atoms with Gasteiger partial charge in [0.2, 0.25) is 0 Å². The second-order valence-electron chi connectivity index (χ2n) is 3.44. The number of carboxylic acids is 1. The number of carbonyl (C=O) groups is 1. The van der Waals surface area contributed by atoms with Crippen molar-refractivity contribution in [3.63, 3.8) is 0 Å². The van der Waals surface area contributed by atoms with Crippen LogP contribution in [0.5, 0.6) is 0 Å². The Bertz CT molecular complexity index is 356. The van der Waals surface area contributed by atoms with Gasteiger partial charge in [-0.3, -0.25) is 4.98 Å². The molecule has 1 aromatic heterocycles. The molecule has 0 spiro atoms. The molecule has 1 N–H and O–H groups in total. The lowest BCUT2D eigenvalue weighted by Crippen LogP contribution is -2.04. The third kappa shape index (κ3) is 1.41. The Kier molecular flexibility index (Phi) is 1.79. The van der Waals surface area contributed by atoms with Crippen LogP contribution in [0.15, 0.2) is 12.3 Å². The van der Waals surface area contributed by atoms with Crippen LogP contribution in [0.3, 0.4) is 0 Å². The molecule has 1 aliphatic carbocycles. The molecule has 0 atom stereocenters. The van der Waals surface area contributed by atoms with E-state index in [0.717, 1.165) is 24.1 Å². The van der Waals surface area contributed by atoms with E-state index >= 15 is 0 Å². The fraction of sp³-hybridized carbons (Fsp3) is 0.400. The Morgan fingerprint density at radius 2 is 2.31 bits per heavy atom. The number of hydrogen-bond donors (Lipinski definition) is 1. The molecule has 0 radical (unpaired) electrons. The van der Waals surface area contributed by atoms with Crippen molar-refractivity contribution < 1.29 is 9.90 Å². The molecule has 0 bridgehead atoms. The Labute approximate surface area is 76.4 Å². The minimum Gasteiger partial charge on any atom is -0.478 e. The van der Waals surface area contributed by atoms with Crippen molar-refractivity contribution in [3.05, 3.63) is 29.1 Å². The average molecular weight is 177 g/mol. The molecule has 13 heavy (non-hydrogen) atoms. The van der Waals surface area contributed by atoms with Crippen LogP contribution in [0, 0.1) is 6.92 Å². The highest BCUT2D eigenvalue weighted by Crippen LogP contribution is 2.42. The highest BCUT2D eigenvalue weighted by molar-refractivity contribution is 5.89. The molecule has 0 unspecified atom stereocenters. The van der Waals surface area contributed by atoms with Crippen molar-refractivity contribution in [2.45, 2.75) is 25.7 Å². The maximum atomic E-state index is 10.9. The van der Waals surface area contributed by atoms with E-state index < -0.39 is 5.97 Å². The van der Waals surface area contributed by atoms with E-state index in [0.29, 0.717) is 11.5 Å². The number of aromatic carboxylic acids is 1. The zero-order chi connectivity index (χ0) is 9.42. The van der Waals surface area contributed by atoms with Gasteiger partial charge in [0, 0.05) is 11.9 Å². The third-order valence-corrected chi connectivity index (χ3v) is 2.41. The summed E-state index contributed by atoms with van der Waals surface area (Å²) in [4.78, 5) is 15.0. The summed E-state index contributed by atoms with van der Waals surface area (Å²) in [5.41, 5.74) is 2.23. The van der Waals surface area contributed by atoms with Crippen LogP contribution in [0.1, 0.15) is 40.4 Å². The van der Waals surface area contributed by atoms with E-state index in [1.54, 1.807) is 12.3 Å². The summed E-state index contributed by atoms with van der Waals surface area (Å²) in [6.07, 6.45) is 3.77. The Balaban J connectivity index is 2.53. The van der Waals surface area contributed by atoms with E-state index in [1.807, 2.05) is 6.92 Å². The lowest BCUT2D eigenvalue weighted by Gasteiger charge is -2.06. The van der Waals surface area contributed by atoms with Crippen LogP contribution in [-0.2, 0) is 0 Å². The standard InChI is InChI=1S/C10H11NO2/c1-6-9(7-2-3-7)8(10(12)13)4-5-11-6/h4-5,7H,2-3H2,1H3,(H,12,13). The van der Waals surface area contributed by atoms with Gasteiger partial charge in [0.05, 0.1) is 5.56 Å². The second-order valence-corrected chi connectivity index (χ2v) is 3.44. The normalized spacial score (nSPS) is 15.8. The molecule has 3 nitrogen and oxygen atoms in total. The fourth-order valence-corrected chi connectivity index (χ4v) is 1.65. The molecule has 68 valence electrons. The average Bonchev–Trinajstić information content (AvgIpc) is 2.86. The van der Waals surface area contributed by atoms with Crippen molar-refractivity contribution in [2.24, 2.45) is 0 Å². The number of aryl methyl sites for hydroxylation is 1. The molecule has 3 heteroatoms. The monoisotopic (exact) mass is 177 g/mol. The van der Waals surface area contributed by atoms with Crippen LogP contribution < -0.4 is 0 Å². The smallest absolute Gasteiger partial charge is 0.336 e. The summed E-state index contributed by atoms with van der Waals surface area (Å²) in [5.74, 6) is -0.396. The maximum absolute atomic E-state index is 10.9. The van der Waals surface area contributed by atoms with Gasteiger partial charge in [-0.25, -0.2) is 4.79 Å². The van der Waals surface area contributed by atoms with Gasteiger partial charge in [0.25, 0.3) is 0 Å². The predicted molar refractivity (Wildman–Crippen MR) is 47.9 cm³/mol. The topological polar surface area (TPSA) is 50.2 Å². The van der Waals surface area contributed by atoms with Gasteiger partial charge in [-0.1, -0.05) is 0 Å². The van der Waals surface area contributed by atoms with Crippen molar-refractivity contribution in [1.29, 1.82) is 0 Å². The summed E-state index contributed by atoms with van der Waals surface area (Å²) in [6.45, 7) is 1.88. The van der Waals surface area contributed by atoms with E-state index in [9.17, 15) is 4.79 Å². The molecule has 1 heterocycles. The molecule has 0 aliphatic heterocycles. The van der Waals surface area contributed by atoms with Gasteiger partial charge in [-0.05, 0) is 37.3 Å². The number of rotatable bonds is 2. The van der Waals surface area contributed by atoms with E-state index in [-0.39, 0.29) is 0 Å². The first-order chi connectivity index (χ1) is 6.20. The van der Waals surface area contributed by atoms with Gasteiger partial charge in [0.15, 0.2) is 0 Å². The summed E-state index contributed by atoms with van der Waals surface area (Å²) in [5, 5.41) is 8.94. The van der Waals surface area contributed by atoms with Gasteiger partial charge in [-0.15, -0.1) is 0 Å². The molecular formula is C10H11NO2. The molecular weight excluding hydrogens is 166 g/mol. The van der Waals surface area contributed by atoms with Gasteiger partial charge < -0.3 is 5.11 Å². The quantitative estimate of drug-likeness (QED) is 0.751. The maximum Gasteiger partial charge on any atom is 0.336 e. The first kappa shape index (κ1) is 8.23. The largest absolute Gasteiger partial charge is 0.478 e. The highest BCUT2D eigenvalue weighted by atomic mass is 16.4. The minimum absolute atomic E-state index is 0.426. The van der Waals surface area contributed by atoms with E-state index in [4.69, 9.17) is 5.11 Å². The molecule has 2 rings (SSSR count). The zero-order valence-electron chi connectivity index (χ0n) is 7.45. The van der Waals surface area contributed by atoms with E-state index in [1.165, 1.54) is 0 Å².